The number of anilines is 1. The first-order valence-corrected chi connectivity index (χ1v) is 7.68. The van der Waals surface area contributed by atoms with E-state index in [9.17, 15) is 13.2 Å². The first-order valence-electron chi connectivity index (χ1n) is 6.20. The Kier molecular flexibility index (Phi) is 4.32. The molecule has 1 heterocycles. The quantitative estimate of drug-likeness (QED) is 0.871. The number of benzene rings is 1. The topological polar surface area (TPSA) is 106 Å². The number of aromatic nitrogens is 1. The molecule has 0 radical (unpaired) electrons. The molecule has 2 aromatic rings. The Morgan fingerprint density at radius 3 is 2.55 bits per heavy atom. The number of nitrogens with zero attached hydrogens (tertiary/aromatic N) is 1. The van der Waals surface area contributed by atoms with Gasteiger partial charge in [-0.3, -0.25) is 4.72 Å². The van der Waals surface area contributed by atoms with E-state index in [1.165, 1.54) is 37.6 Å². The number of pyridine rings is 1. The van der Waals surface area contributed by atoms with Gasteiger partial charge in [-0.1, -0.05) is 6.07 Å². The van der Waals surface area contributed by atoms with Gasteiger partial charge in [-0.25, -0.2) is 18.2 Å². The Bertz CT molecular complexity index is 800. The van der Waals surface area contributed by atoms with Crippen LogP contribution in [-0.2, 0) is 10.0 Å². The van der Waals surface area contributed by atoms with Crippen LogP contribution in [-0.4, -0.2) is 31.6 Å². The highest BCUT2D eigenvalue weighted by Crippen LogP contribution is 2.21. The van der Waals surface area contributed by atoms with E-state index in [0.29, 0.717) is 11.4 Å². The van der Waals surface area contributed by atoms with Crippen LogP contribution in [0.15, 0.2) is 41.4 Å². The normalized spacial score (nSPS) is 11.0. The smallest absolute Gasteiger partial charge is 0.335 e. The largest absolute Gasteiger partial charge is 0.481 e. The number of rotatable bonds is 5. The zero-order chi connectivity index (χ0) is 16.3. The third-order valence-electron chi connectivity index (χ3n) is 2.92. The molecule has 0 aliphatic carbocycles. The van der Waals surface area contributed by atoms with Crippen molar-refractivity contribution >= 4 is 21.7 Å². The van der Waals surface area contributed by atoms with Gasteiger partial charge >= 0.3 is 5.97 Å². The molecule has 2 N–H and O–H groups in total. The van der Waals surface area contributed by atoms with Gasteiger partial charge in [-0.2, -0.15) is 0 Å². The predicted molar refractivity (Wildman–Crippen MR) is 79.7 cm³/mol. The molecule has 22 heavy (non-hydrogen) atoms. The summed E-state index contributed by atoms with van der Waals surface area (Å²) in [5.41, 5.74) is 0.596. The fourth-order valence-electron chi connectivity index (χ4n) is 1.79. The van der Waals surface area contributed by atoms with Gasteiger partial charge in [0.1, 0.15) is 0 Å². The van der Waals surface area contributed by atoms with Gasteiger partial charge in [-0.05, 0) is 30.7 Å². The van der Waals surface area contributed by atoms with Crippen molar-refractivity contribution in [1.82, 2.24) is 4.98 Å². The summed E-state index contributed by atoms with van der Waals surface area (Å²) < 4.78 is 32.0. The molecule has 7 nitrogen and oxygen atoms in total. The van der Waals surface area contributed by atoms with Gasteiger partial charge < -0.3 is 9.84 Å². The first kappa shape index (κ1) is 15.8. The fraction of sp³-hybridized carbons (Fsp3) is 0.143. The third-order valence-corrected chi connectivity index (χ3v) is 4.45. The number of ether oxygens (including phenoxy) is 1. The summed E-state index contributed by atoms with van der Waals surface area (Å²) >= 11 is 0. The number of hydrogen-bond donors (Lipinski definition) is 2. The van der Waals surface area contributed by atoms with Crippen molar-refractivity contribution in [1.29, 1.82) is 0 Å². The number of carbonyl (C=O) groups is 1. The molecule has 0 atom stereocenters. The molecule has 1 aromatic heterocycles. The van der Waals surface area contributed by atoms with Crippen LogP contribution in [0.5, 0.6) is 5.88 Å². The number of carboxylic acids is 1. The Balaban J connectivity index is 2.37. The van der Waals surface area contributed by atoms with E-state index < -0.39 is 16.0 Å². The standard InChI is InChI=1S/C14H14N2O5S/c1-9-3-4-10(14(17)18)7-12(9)22(19,20)16-11-5-6-13(21-2)15-8-11/h3-8,16H,1-2H3,(H,17,18). The molecule has 0 aliphatic rings. The van der Waals surface area contributed by atoms with Gasteiger partial charge in [0.15, 0.2) is 0 Å². The van der Waals surface area contributed by atoms with Crippen LogP contribution in [0.1, 0.15) is 15.9 Å². The molecule has 0 amide bonds. The van der Waals surface area contributed by atoms with Crippen LogP contribution in [0.4, 0.5) is 5.69 Å². The van der Waals surface area contributed by atoms with Crippen molar-refractivity contribution in [2.24, 2.45) is 0 Å². The minimum absolute atomic E-state index is 0.0942. The highest BCUT2D eigenvalue weighted by Gasteiger charge is 2.19. The zero-order valence-corrected chi connectivity index (χ0v) is 12.7. The van der Waals surface area contributed by atoms with Crippen molar-refractivity contribution in [3.05, 3.63) is 47.7 Å². The average Bonchev–Trinajstić information content (AvgIpc) is 2.47. The van der Waals surface area contributed by atoms with Gasteiger partial charge in [0.2, 0.25) is 5.88 Å². The van der Waals surface area contributed by atoms with Crippen molar-refractivity contribution in [2.45, 2.75) is 11.8 Å². The number of hydrogen-bond acceptors (Lipinski definition) is 5. The molecule has 0 unspecified atom stereocenters. The summed E-state index contributed by atoms with van der Waals surface area (Å²) in [6, 6.07) is 6.94. The summed E-state index contributed by atoms with van der Waals surface area (Å²) in [6.07, 6.45) is 1.31. The molecule has 116 valence electrons. The summed E-state index contributed by atoms with van der Waals surface area (Å²) in [5, 5.41) is 8.97. The lowest BCUT2D eigenvalue weighted by molar-refractivity contribution is 0.0696. The Morgan fingerprint density at radius 1 is 1.27 bits per heavy atom. The minimum Gasteiger partial charge on any atom is -0.481 e. The number of aromatic carboxylic acids is 1. The molecule has 0 bridgehead atoms. The maximum absolute atomic E-state index is 12.4. The van der Waals surface area contributed by atoms with E-state index >= 15 is 0 Å². The highest BCUT2D eigenvalue weighted by molar-refractivity contribution is 7.92. The summed E-state index contributed by atoms with van der Waals surface area (Å²) in [7, 11) is -2.46. The number of aryl methyl sites for hydroxylation is 1. The Hall–Kier alpha value is -2.61. The van der Waals surface area contributed by atoms with Gasteiger partial charge in [0.25, 0.3) is 10.0 Å². The van der Waals surface area contributed by atoms with Gasteiger partial charge in [0, 0.05) is 6.07 Å². The zero-order valence-electron chi connectivity index (χ0n) is 11.9. The monoisotopic (exact) mass is 322 g/mol. The predicted octanol–water partition coefficient (Wildman–Crippen LogP) is 1.90. The van der Waals surface area contributed by atoms with Gasteiger partial charge in [-0.15, -0.1) is 0 Å². The van der Waals surface area contributed by atoms with E-state index in [-0.39, 0.29) is 16.1 Å². The molecule has 0 saturated carbocycles. The lowest BCUT2D eigenvalue weighted by atomic mass is 10.1. The minimum atomic E-state index is -3.91. The van der Waals surface area contributed by atoms with Crippen LogP contribution < -0.4 is 9.46 Å². The van der Waals surface area contributed by atoms with E-state index in [0.717, 1.165) is 6.07 Å². The molecule has 2 rings (SSSR count). The van der Waals surface area contributed by atoms with Crippen LogP contribution in [0.2, 0.25) is 0 Å². The molecule has 8 heteroatoms. The lowest BCUT2D eigenvalue weighted by Crippen LogP contribution is -2.15. The Morgan fingerprint density at radius 2 is 2.00 bits per heavy atom. The number of sulfonamides is 1. The van der Waals surface area contributed by atoms with Gasteiger partial charge in [0.05, 0.1) is 29.5 Å². The molecule has 0 fully saturated rings. The molecular formula is C14H14N2O5S. The lowest BCUT2D eigenvalue weighted by Gasteiger charge is -2.11. The summed E-state index contributed by atoms with van der Waals surface area (Å²) in [5.74, 6) is -0.838. The fourth-order valence-corrected chi connectivity index (χ4v) is 3.11. The van der Waals surface area contributed by atoms with Crippen LogP contribution in [0.25, 0.3) is 0 Å². The van der Waals surface area contributed by atoms with Crippen LogP contribution >= 0.6 is 0 Å². The Labute approximate surface area is 127 Å². The maximum Gasteiger partial charge on any atom is 0.335 e. The first-order chi connectivity index (χ1) is 10.3. The number of methoxy groups -OCH3 is 1. The summed E-state index contributed by atoms with van der Waals surface area (Å²) in [6.45, 7) is 1.59. The number of nitrogens with one attached hydrogen (secondary N) is 1. The SMILES string of the molecule is COc1ccc(NS(=O)(=O)c2cc(C(=O)O)ccc2C)cn1. The van der Waals surface area contributed by atoms with Crippen molar-refractivity contribution in [3.8, 4) is 5.88 Å². The molecule has 0 aliphatic heterocycles. The number of carboxylic acid groups (broad SMARTS) is 1. The van der Waals surface area contributed by atoms with E-state index in [1.54, 1.807) is 6.92 Å². The van der Waals surface area contributed by atoms with E-state index in [1.807, 2.05) is 0 Å². The molecule has 0 spiro atoms. The van der Waals surface area contributed by atoms with E-state index in [4.69, 9.17) is 9.84 Å². The van der Waals surface area contributed by atoms with Crippen molar-refractivity contribution in [3.63, 3.8) is 0 Å². The maximum atomic E-state index is 12.4. The molecule has 0 saturated heterocycles. The van der Waals surface area contributed by atoms with Crippen molar-refractivity contribution < 1.29 is 23.1 Å². The van der Waals surface area contributed by atoms with E-state index in [2.05, 4.69) is 9.71 Å². The molecule has 1 aromatic carbocycles. The second-order valence-corrected chi connectivity index (χ2v) is 6.13. The third kappa shape index (κ3) is 3.34. The second-order valence-electron chi connectivity index (χ2n) is 4.48. The molecular weight excluding hydrogens is 308 g/mol. The average molecular weight is 322 g/mol. The van der Waals surface area contributed by atoms with Crippen LogP contribution in [0.3, 0.4) is 0 Å². The van der Waals surface area contributed by atoms with Crippen molar-refractivity contribution in [2.75, 3.05) is 11.8 Å². The highest BCUT2D eigenvalue weighted by atomic mass is 32.2. The summed E-state index contributed by atoms with van der Waals surface area (Å²) in [4.78, 5) is 14.8. The second kappa shape index (κ2) is 6.02. The van der Waals surface area contributed by atoms with Crippen LogP contribution in [0, 0.1) is 6.92 Å².